The van der Waals surface area contributed by atoms with E-state index in [1.54, 1.807) is 6.92 Å². The molecule has 2 saturated carbocycles. The number of carbonyl (C=O) groups is 1. The van der Waals surface area contributed by atoms with Gasteiger partial charge in [-0.2, -0.15) is 0 Å². The third-order valence-electron chi connectivity index (χ3n) is 4.51. The number of ether oxygens (including phenoxy) is 1. The summed E-state index contributed by atoms with van der Waals surface area (Å²) < 4.78 is 5.84. The van der Waals surface area contributed by atoms with Crippen LogP contribution < -0.4 is 15.8 Å². The second-order valence-electron chi connectivity index (χ2n) is 6.72. The molecule has 2 aliphatic rings. The lowest BCUT2D eigenvalue weighted by Crippen LogP contribution is -2.17. The summed E-state index contributed by atoms with van der Waals surface area (Å²) >= 11 is 1.43. The molecule has 1 aromatic heterocycles. The van der Waals surface area contributed by atoms with Gasteiger partial charge in [0, 0.05) is 13.5 Å². The highest BCUT2D eigenvalue weighted by Gasteiger charge is 2.53. The van der Waals surface area contributed by atoms with Gasteiger partial charge < -0.3 is 15.8 Å². The minimum absolute atomic E-state index is 0.00230. The van der Waals surface area contributed by atoms with Crippen molar-refractivity contribution in [2.75, 3.05) is 17.6 Å². The van der Waals surface area contributed by atoms with Crippen LogP contribution >= 0.6 is 11.3 Å². The number of thiophene rings is 1. The van der Waals surface area contributed by atoms with Crippen LogP contribution in [0.3, 0.4) is 0 Å². The number of anilines is 2. The van der Waals surface area contributed by atoms with Crippen LogP contribution in [0.4, 0.5) is 10.7 Å². The van der Waals surface area contributed by atoms with Crippen molar-refractivity contribution in [2.24, 2.45) is 11.3 Å². The molecule has 0 bridgehead atoms. The fraction of sp³-hybridized carbons (Fsp3) is 0.688. The summed E-state index contributed by atoms with van der Waals surface area (Å²) in [6.45, 7) is 6.48. The first-order valence-corrected chi connectivity index (χ1v) is 8.58. The summed E-state index contributed by atoms with van der Waals surface area (Å²) in [6, 6.07) is 0. The highest BCUT2D eigenvalue weighted by atomic mass is 32.1. The highest BCUT2D eigenvalue weighted by Crippen LogP contribution is 2.61. The Morgan fingerprint density at radius 3 is 2.62 bits per heavy atom. The van der Waals surface area contributed by atoms with Crippen LogP contribution in [-0.2, 0) is 0 Å². The van der Waals surface area contributed by atoms with E-state index in [4.69, 9.17) is 10.5 Å². The summed E-state index contributed by atoms with van der Waals surface area (Å²) in [5.41, 5.74) is 7.10. The molecule has 0 aliphatic heterocycles. The molecule has 0 spiro atoms. The van der Waals surface area contributed by atoms with Gasteiger partial charge in [0.15, 0.2) is 11.5 Å². The normalized spacial score (nSPS) is 19.6. The molecular weight excluding hydrogens is 284 g/mol. The Labute approximate surface area is 130 Å². The average molecular weight is 308 g/mol. The molecular formula is C16H24N2O2S. The number of nitrogen functional groups attached to an aromatic ring is 1. The van der Waals surface area contributed by atoms with E-state index in [2.05, 4.69) is 5.32 Å². The van der Waals surface area contributed by atoms with Crippen molar-refractivity contribution in [1.82, 2.24) is 0 Å². The maximum atomic E-state index is 11.7. The van der Waals surface area contributed by atoms with Crippen molar-refractivity contribution in [3.8, 4) is 5.75 Å². The van der Waals surface area contributed by atoms with Gasteiger partial charge in [0.1, 0.15) is 5.00 Å². The van der Waals surface area contributed by atoms with E-state index in [9.17, 15) is 4.79 Å². The number of ketones is 1. The standard InChI is InChI=1S/C16H24N2O2S/c1-9(2)20-13-12(17)14(10(3)19)21-15(13)18-8-16(6-7-16)11-4-5-11/h9,11,18H,4-8,17H2,1-3H3. The van der Waals surface area contributed by atoms with Gasteiger partial charge in [-0.05, 0) is 50.9 Å². The summed E-state index contributed by atoms with van der Waals surface area (Å²) in [7, 11) is 0. The van der Waals surface area contributed by atoms with E-state index in [0.717, 1.165) is 17.5 Å². The van der Waals surface area contributed by atoms with Gasteiger partial charge in [0.05, 0.1) is 16.7 Å². The second-order valence-corrected chi connectivity index (χ2v) is 7.74. The first kappa shape index (κ1) is 14.7. The SMILES string of the molecule is CC(=O)c1sc(NCC2(C3CC3)CC2)c(OC(C)C)c1N. The van der Waals surface area contributed by atoms with Crippen LogP contribution in [0, 0.1) is 11.3 Å². The molecule has 4 nitrogen and oxygen atoms in total. The smallest absolute Gasteiger partial charge is 0.177 e. The highest BCUT2D eigenvalue weighted by molar-refractivity contribution is 7.19. The minimum atomic E-state index is 0.00230. The predicted octanol–water partition coefficient (Wildman–Crippen LogP) is 3.92. The van der Waals surface area contributed by atoms with Crippen molar-refractivity contribution >= 4 is 27.8 Å². The van der Waals surface area contributed by atoms with Crippen LogP contribution in [0.2, 0.25) is 0 Å². The Morgan fingerprint density at radius 2 is 2.14 bits per heavy atom. The van der Waals surface area contributed by atoms with Gasteiger partial charge in [0.25, 0.3) is 0 Å². The molecule has 0 aromatic carbocycles. The van der Waals surface area contributed by atoms with Crippen LogP contribution in [0.25, 0.3) is 0 Å². The zero-order valence-corrected chi connectivity index (χ0v) is 13.8. The van der Waals surface area contributed by atoms with Gasteiger partial charge in [-0.3, -0.25) is 4.79 Å². The summed E-state index contributed by atoms with van der Waals surface area (Å²) in [5.74, 6) is 1.57. The molecule has 0 saturated heterocycles. The first-order valence-electron chi connectivity index (χ1n) is 7.76. The Hall–Kier alpha value is -1.23. The Kier molecular flexibility index (Phi) is 3.64. The number of Topliss-reactive ketones (excluding diaryl/α,β-unsaturated/α-hetero) is 1. The summed E-state index contributed by atoms with van der Waals surface area (Å²) in [5, 5.41) is 4.44. The predicted molar refractivity (Wildman–Crippen MR) is 87.4 cm³/mol. The average Bonchev–Trinajstić information content (AvgIpc) is 3.28. The molecule has 116 valence electrons. The molecule has 21 heavy (non-hydrogen) atoms. The van der Waals surface area contributed by atoms with E-state index in [0.29, 0.717) is 21.7 Å². The van der Waals surface area contributed by atoms with Crippen molar-refractivity contribution in [3.63, 3.8) is 0 Å². The third kappa shape index (κ3) is 2.89. The molecule has 1 heterocycles. The van der Waals surface area contributed by atoms with E-state index >= 15 is 0 Å². The minimum Gasteiger partial charge on any atom is -0.486 e. The Morgan fingerprint density at radius 1 is 1.48 bits per heavy atom. The maximum absolute atomic E-state index is 11.7. The van der Waals surface area contributed by atoms with Gasteiger partial charge in [-0.1, -0.05) is 0 Å². The molecule has 0 atom stereocenters. The van der Waals surface area contributed by atoms with Gasteiger partial charge in [-0.25, -0.2) is 0 Å². The van der Waals surface area contributed by atoms with Crippen molar-refractivity contribution in [3.05, 3.63) is 4.88 Å². The van der Waals surface area contributed by atoms with Crippen molar-refractivity contribution < 1.29 is 9.53 Å². The van der Waals surface area contributed by atoms with Gasteiger partial charge in [-0.15, -0.1) is 11.3 Å². The zero-order valence-electron chi connectivity index (χ0n) is 13.0. The first-order chi connectivity index (χ1) is 9.93. The second kappa shape index (κ2) is 5.20. The number of rotatable bonds is 7. The van der Waals surface area contributed by atoms with Crippen LogP contribution in [0.5, 0.6) is 5.75 Å². The van der Waals surface area contributed by atoms with E-state index in [1.165, 1.54) is 37.0 Å². The summed E-state index contributed by atoms with van der Waals surface area (Å²) in [4.78, 5) is 12.3. The summed E-state index contributed by atoms with van der Waals surface area (Å²) in [6.07, 6.45) is 5.45. The number of carbonyl (C=O) groups excluding carboxylic acids is 1. The van der Waals surface area contributed by atoms with Crippen LogP contribution in [-0.4, -0.2) is 18.4 Å². The maximum Gasteiger partial charge on any atom is 0.177 e. The fourth-order valence-corrected chi connectivity index (χ4v) is 3.95. The van der Waals surface area contributed by atoms with E-state index in [-0.39, 0.29) is 11.9 Å². The molecule has 2 aliphatic carbocycles. The van der Waals surface area contributed by atoms with Crippen molar-refractivity contribution in [1.29, 1.82) is 0 Å². The Balaban J connectivity index is 1.78. The molecule has 5 heteroatoms. The lowest BCUT2D eigenvalue weighted by Gasteiger charge is -2.17. The molecule has 1 aromatic rings. The lowest BCUT2D eigenvalue weighted by molar-refractivity contribution is 0.102. The molecule has 3 rings (SSSR count). The molecule has 0 amide bonds. The van der Waals surface area contributed by atoms with Gasteiger partial charge >= 0.3 is 0 Å². The third-order valence-corrected chi connectivity index (χ3v) is 5.75. The number of nitrogens with one attached hydrogen (secondary N) is 1. The molecule has 0 unspecified atom stereocenters. The van der Waals surface area contributed by atoms with Crippen molar-refractivity contribution in [2.45, 2.75) is 52.6 Å². The lowest BCUT2D eigenvalue weighted by atomic mass is 10.0. The molecule has 2 fully saturated rings. The quantitative estimate of drug-likeness (QED) is 0.749. The Bertz CT molecular complexity index is 557. The number of nitrogens with two attached hydrogens (primary N) is 1. The van der Waals surface area contributed by atoms with Crippen LogP contribution in [0.15, 0.2) is 0 Å². The number of hydrogen-bond donors (Lipinski definition) is 2. The largest absolute Gasteiger partial charge is 0.486 e. The molecule has 0 radical (unpaired) electrons. The topological polar surface area (TPSA) is 64.3 Å². The van der Waals surface area contributed by atoms with Gasteiger partial charge in [0.2, 0.25) is 0 Å². The molecule has 3 N–H and O–H groups in total. The van der Waals surface area contributed by atoms with E-state index < -0.39 is 0 Å². The number of hydrogen-bond acceptors (Lipinski definition) is 5. The van der Waals surface area contributed by atoms with Crippen LogP contribution in [0.1, 0.15) is 56.1 Å². The van der Waals surface area contributed by atoms with E-state index in [1.807, 2.05) is 13.8 Å². The zero-order chi connectivity index (χ0) is 15.2. The monoisotopic (exact) mass is 308 g/mol. The fourth-order valence-electron chi connectivity index (χ4n) is 3.00.